The van der Waals surface area contributed by atoms with E-state index in [0.29, 0.717) is 17.2 Å². The van der Waals surface area contributed by atoms with E-state index in [0.717, 1.165) is 4.90 Å². The molecule has 0 bridgehead atoms. The molecule has 2 aromatic carbocycles. The van der Waals surface area contributed by atoms with E-state index in [-0.39, 0.29) is 5.91 Å². The van der Waals surface area contributed by atoms with Gasteiger partial charge in [-0.2, -0.15) is 0 Å². The van der Waals surface area contributed by atoms with Crippen LogP contribution in [0.1, 0.15) is 0 Å². The van der Waals surface area contributed by atoms with Gasteiger partial charge in [0.05, 0.1) is 19.9 Å². The van der Waals surface area contributed by atoms with Crippen molar-refractivity contribution in [1.29, 1.82) is 0 Å². The molecule has 0 unspecified atom stereocenters. The molecule has 1 amide bonds. The van der Waals surface area contributed by atoms with Crippen molar-refractivity contribution in [3.05, 3.63) is 60.0 Å². The number of amides is 1. The maximum atomic E-state index is 12.3. The summed E-state index contributed by atoms with van der Waals surface area (Å²) in [7, 11) is 4.87. The molecule has 120 valence electrons. The number of ether oxygens (including phenoxy) is 2. The Bertz CT molecular complexity index is 686. The fourth-order valence-corrected chi connectivity index (χ4v) is 2.62. The van der Waals surface area contributed by atoms with Crippen molar-refractivity contribution in [2.45, 2.75) is 4.90 Å². The number of rotatable bonds is 6. The van der Waals surface area contributed by atoms with Crippen LogP contribution in [0.25, 0.3) is 0 Å². The number of hydrogen-bond acceptors (Lipinski definition) is 4. The van der Waals surface area contributed by atoms with Crippen LogP contribution in [-0.2, 0) is 4.79 Å². The third-order valence-electron chi connectivity index (χ3n) is 3.24. The Morgan fingerprint density at radius 2 is 1.83 bits per heavy atom. The number of nitrogens with zero attached hydrogens (tertiary/aromatic N) is 1. The average molecular weight is 329 g/mol. The predicted molar refractivity (Wildman–Crippen MR) is 94.4 cm³/mol. The smallest absolute Gasteiger partial charge is 0.251 e. The summed E-state index contributed by atoms with van der Waals surface area (Å²) in [5.74, 6) is 1.15. The van der Waals surface area contributed by atoms with Crippen LogP contribution in [0.3, 0.4) is 0 Å². The van der Waals surface area contributed by atoms with Crippen LogP contribution < -0.4 is 14.4 Å². The lowest BCUT2D eigenvalue weighted by Crippen LogP contribution is -2.24. The first-order valence-corrected chi connectivity index (χ1v) is 7.91. The molecule has 0 aliphatic rings. The van der Waals surface area contributed by atoms with Gasteiger partial charge in [-0.1, -0.05) is 30.0 Å². The Morgan fingerprint density at radius 1 is 1.09 bits per heavy atom. The van der Waals surface area contributed by atoms with E-state index in [2.05, 4.69) is 0 Å². The van der Waals surface area contributed by atoms with Crippen LogP contribution in [0.15, 0.2) is 64.9 Å². The highest BCUT2D eigenvalue weighted by molar-refractivity contribution is 8.02. The van der Waals surface area contributed by atoms with Gasteiger partial charge in [-0.3, -0.25) is 4.79 Å². The maximum absolute atomic E-state index is 12.3. The minimum absolute atomic E-state index is 0.139. The van der Waals surface area contributed by atoms with Crippen molar-refractivity contribution in [2.24, 2.45) is 0 Å². The van der Waals surface area contributed by atoms with E-state index in [1.165, 1.54) is 22.7 Å². The molecule has 0 saturated carbocycles. The van der Waals surface area contributed by atoms with Crippen LogP contribution in [0.5, 0.6) is 11.5 Å². The summed E-state index contributed by atoms with van der Waals surface area (Å²) in [6, 6.07) is 15.2. The van der Waals surface area contributed by atoms with Crippen molar-refractivity contribution < 1.29 is 14.3 Å². The number of benzene rings is 2. The summed E-state index contributed by atoms with van der Waals surface area (Å²) < 4.78 is 10.5. The van der Waals surface area contributed by atoms with Gasteiger partial charge < -0.3 is 14.4 Å². The van der Waals surface area contributed by atoms with Crippen molar-refractivity contribution in [3.63, 3.8) is 0 Å². The topological polar surface area (TPSA) is 38.8 Å². The number of hydrogen-bond donors (Lipinski definition) is 0. The lowest BCUT2D eigenvalue weighted by Gasteiger charge is -2.19. The van der Waals surface area contributed by atoms with E-state index in [1.54, 1.807) is 44.9 Å². The van der Waals surface area contributed by atoms with Crippen molar-refractivity contribution in [1.82, 2.24) is 0 Å². The second kappa shape index (κ2) is 8.29. The molecule has 0 N–H and O–H groups in total. The Morgan fingerprint density at radius 3 is 2.48 bits per heavy atom. The van der Waals surface area contributed by atoms with Gasteiger partial charge in [0.2, 0.25) is 0 Å². The van der Waals surface area contributed by atoms with E-state index in [1.807, 2.05) is 30.3 Å². The Kier molecular flexibility index (Phi) is 6.11. The monoisotopic (exact) mass is 329 g/mol. The van der Waals surface area contributed by atoms with Gasteiger partial charge in [0.15, 0.2) is 0 Å². The largest absolute Gasteiger partial charge is 0.497 e. The zero-order chi connectivity index (χ0) is 16.7. The third-order valence-corrected chi connectivity index (χ3v) is 4.05. The molecule has 0 fully saturated rings. The van der Waals surface area contributed by atoms with Gasteiger partial charge in [-0.15, -0.1) is 0 Å². The van der Waals surface area contributed by atoms with Crippen molar-refractivity contribution >= 4 is 23.4 Å². The number of carbonyl (C=O) groups is 1. The second-order valence-electron chi connectivity index (χ2n) is 4.67. The lowest BCUT2D eigenvalue weighted by molar-refractivity contribution is -0.113. The number of carbonyl (C=O) groups excluding carboxylic acids is 1. The quantitative estimate of drug-likeness (QED) is 0.594. The maximum Gasteiger partial charge on any atom is 0.251 e. The lowest BCUT2D eigenvalue weighted by atomic mass is 10.2. The molecule has 0 aliphatic carbocycles. The summed E-state index contributed by atoms with van der Waals surface area (Å²) in [5, 5.41) is 1.78. The minimum Gasteiger partial charge on any atom is -0.497 e. The fraction of sp³-hybridized carbons (Fsp3) is 0.167. The summed E-state index contributed by atoms with van der Waals surface area (Å²) >= 11 is 1.49. The Balaban J connectivity index is 2.10. The molecule has 0 heterocycles. The molecule has 0 aromatic heterocycles. The zero-order valence-electron chi connectivity index (χ0n) is 13.4. The Labute approximate surface area is 140 Å². The van der Waals surface area contributed by atoms with Crippen LogP contribution in [0.4, 0.5) is 5.69 Å². The molecule has 0 aliphatic heterocycles. The van der Waals surface area contributed by atoms with E-state index in [9.17, 15) is 4.79 Å². The molecule has 0 radical (unpaired) electrons. The molecule has 0 saturated heterocycles. The molecule has 2 aromatic rings. The highest BCUT2D eigenvalue weighted by atomic mass is 32.2. The molecular formula is C18H19NO3S. The van der Waals surface area contributed by atoms with Gasteiger partial charge in [-0.25, -0.2) is 0 Å². The van der Waals surface area contributed by atoms with Gasteiger partial charge in [0, 0.05) is 24.1 Å². The van der Waals surface area contributed by atoms with Crippen molar-refractivity contribution in [2.75, 3.05) is 26.2 Å². The minimum atomic E-state index is -0.139. The molecule has 5 heteroatoms. The van der Waals surface area contributed by atoms with Crippen molar-refractivity contribution in [3.8, 4) is 11.5 Å². The molecular weight excluding hydrogens is 310 g/mol. The standard InChI is InChI=1S/C18H19NO3S/c1-19(16-13-14(21-2)9-10-17(16)22-3)18(20)11-12-23-15-7-5-4-6-8-15/h4-13H,1-3H3/b12-11-. The predicted octanol–water partition coefficient (Wildman–Crippen LogP) is 3.97. The van der Waals surface area contributed by atoms with E-state index in [4.69, 9.17) is 9.47 Å². The van der Waals surface area contributed by atoms with Gasteiger partial charge in [-0.05, 0) is 29.7 Å². The zero-order valence-corrected chi connectivity index (χ0v) is 14.2. The fourth-order valence-electron chi connectivity index (χ4n) is 1.96. The van der Waals surface area contributed by atoms with E-state index >= 15 is 0 Å². The highest BCUT2D eigenvalue weighted by Gasteiger charge is 2.14. The SMILES string of the molecule is COc1ccc(OC)c(N(C)C(=O)/C=C\Sc2ccccc2)c1. The van der Waals surface area contributed by atoms with Crippen LogP contribution in [0, 0.1) is 0 Å². The first-order valence-electron chi connectivity index (χ1n) is 7.03. The normalized spacial score (nSPS) is 10.6. The summed E-state index contributed by atoms with van der Waals surface area (Å²) in [6.45, 7) is 0. The first kappa shape index (κ1) is 17.0. The summed E-state index contributed by atoms with van der Waals surface area (Å²) in [5.41, 5.74) is 0.659. The van der Waals surface area contributed by atoms with Crippen LogP contribution in [-0.4, -0.2) is 27.2 Å². The second-order valence-corrected chi connectivity index (χ2v) is 5.65. The summed E-state index contributed by atoms with van der Waals surface area (Å²) in [6.07, 6.45) is 1.54. The highest BCUT2D eigenvalue weighted by Crippen LogP contribution is 2.31. The molecule has 0 spiro atoms. The molecule has 0 atom stereocenters. The molecule has 23 heavy (non-hydrogen) atoms. The van der Waals surface area contributed by atoms with E-state index < -0.39 is 0 Å². The van der Waals surface area contributed by atoms with Gasteiger partial charge in [0.25, 0.3) is 5.91 Å². The Hall–Kier alpha value is -2.40. The number of likely N-dealkylation sites (N-methyl/N-ethyl adjacent to an activating group) is 1. The van der Waals surface area contributed by atoms with Gasteiger partial charge >= 0.3 is 0 Å². The third kappa shape index (κ3) is 4.53. The van der Waals surface area contributed by atoms with Crippen LogP contribution >= 0.6 is 11.8 Å². The summed E-state index contributed by atoms with van der Waals surface area (Å²) in [4.78, 5) is 14.9. The molecule has 4 nitrogen and oxygen atoms in total. The van der Waals surface area contributed by atoms with Crippen LogP contribution in [0.2, 0.25) is 0 Å². The number of thioether (sulfide) groups is 1. The number of anilines is 1. The average Bonchev–Trinajstić information content (AvgIpc) is 2.61. The van der Waals surface area contributed by atoms with Gasteiger partial charge in [0.1, 0.15) is 11.5 Å². The molecule has 2 rings (SSSR count). The number of methoxy groups -OCH3 is 2. The first-order chi connectivity index (χ1) is 11.2.